The standard InChI is InChI=1S/C14H14BrNO5/c1-7-9(14(18)19)2-3-16(7)13(17)8-4-10(15)12-11(5-8)20-6-21-12/h4-5,7,9H,2-3,6H2,1H3,(H,18,19). The van der Waals surface area contributed by atoms with E-state index in [-0.39, 0.29) is 18.7 Å². The number of ether oxygens (including phenoxy) is 2. The van der Waals surface area contributed by atoms with Crippen molar-refractivity contribution in [1.29, 1.82) is 0 Å². The molecule has 1 aromatic rings. The predicted molar refractivity (Wildman–Crippen MR) is 76.5 cm³/mol. The van der Waals surface area contributed by atoms with E-state index >= 15 is 0 Å². The van der Waals surface area contributed by atoms with E-state index in [0.717, 1.165) is 0 Å². The summed E-state index contributed by atoms with van der Waals surface area (Å²) in [5.74, 6) is -0.444. The number of amides is 1. The zero-order chi connectivity index (χ0) is 15.1. The zero-order valence-electron chi connectivity index (χ0n) is 11.3. The second-order valence-electron chi connectivity index (χ2n) is 5.16. The van der Waals surface area contributed by atoms with E-state index in [9.17, 15) is 9.59 Å². The molecule has 0 aliphatic carbocycles. The molecule has 0 saturated carbocycles. The molecule has 2 aliphatic rings. The lowest BCUT2D eigenvalue weighted by Crippen LogP contribution is -2.37. The minimum atomic E-state index is -0.857. The first-order valence-corrected chi connectivity index (χ1v) is 7.41. The topological polar surface area (TPSA) is 76.1 Å². The lowest BCUT2D eigenvalue weighted by molar-refractivity contribution is -0.142. The number of fused-ring (bicyclic) bond motifs is 1. The van der Waals surface area contributed by atoms with E-state index in [0.29, 0.717) is 34.5 Å². The van der Waals surface area contributed by atoms with Gasteiger partial charge in [0.2, 0.25) is 6.79 Å². The lowest BCUT2D eigenvalue weighted by Gasteiger charge is -2.23. The molecule has 7 heteroatoms. The number of benzene rings is 1. The molecular formula is C14H14BrNO5. The normalized spacial score (nSPS) is 23.4. The van der Waals surface area contributed by atoms with Crippen molar-refractivity contribution >= 4 is 27.8 Å². The molecule has 1 N–H and O–H groups in total. The van der Waals surface area contributed by atoms with Crippen LogP contribution in [-0.4, -0.2) is 41.3 Å². The molecule has 0 spiro atoms. The van der Waals surface area contributed by atoms with E-state index in [1.54, 1.807) is 24.0 Å². The molecule has 1 saturated heterocycles. The molecule has 0 aromatic heterocycles. The van der Waals surface area contributed by atoms with Gasteiger partial charge in [-0.3, -0.25) is 9.59 Å². The van der Waals surface area contributed by atoms with Crippen LogP contribution in [0.2, 0.25) is 0 Å². The number of carboxylic acids is 1. The van der Waals surface area contributed by atoms with Crippen LogP contribution < -0.4 is 9.47 Å². The third-order valence-electron chi connectivity index (χ3n) is 4.01. The molecule has 2 atom stereocenters. The Morgan fingerprint density at radius 3 is 2.81 bits per heavy atom. The van der Waals surface area contributed by atoms with Crippen molar-refractivity contribution < 1.29 is 24.2 Å². The maximum atomic E-state index is 12.6. The Morgan fingerprint density at radius 2 is 2.14 bits per heavy atom. The van der Waals surface area contributed by atoms with Crippen molar-refractivity contribution in [2.75, 3.05) is 13.3 Å². The highest BCUT2D eigenvalue weighted by molar-refractivity contribution is 9.10. The fourth-order valence-corrected chi connectivity index (χ4v) is 3.37. The van der Waals surface area contributed by atoms with Crippen LogP contribution in [0, 0.1) is 5.92 Å². The van der Waals surface area contributed by atoms with Gasteiger partial charge in [-0.15, -0.1) is 0 Å². The Labute approximate surface area is 129 Å². The molecule has 0 radical (unpaired) electrons. The van der Waals surface area contributed by atoms with E-state index in [1.165, 1.54) is 0 Å². The van der Waals surface area contributed by atoms with E-state index in [2.05, 4.69) is 15.9 Å². The van der Waals surface area contributed by atoms with Crippen molar-refractivity contribution in [3.8, 4) is 11.5 Å². The Balaban J connectivity index is 1.87. The summed E-state index contributed by atoms with van der Waals surface area (Å²) in [7, 11) is 0. The summed E-state index contributed by atoms with van der Waals surface area (Å²) >= 11 is 3.36. The van der Waals surface area contributed by atoms with Crippen LogP contribution in [0.1, 0.15) is 23.7 Å². The molecule has 6 nitrogen and oxygen atoms in total. The first kappa shape index (κ1) is 14.2. The highest BCUT2D eigenvalue weighted by Crippen LogP contribution is 2.40. The summed E-state index contributed by atoms with van der Waals surface area (Å²) in [6, 6.07) is 2.99. The number of hydrogen-bond acceptors (Lipinski definition) is 4. The van der Waals surface area contributed by atoms with Crippen LogP contribution in [-0.2, 0) is 4.79 Å². The largest absolute Gasteiger partial charge is 0.481 e. The van der Waals surface area contributed by atoms with Crippen molar-refractivity contribution in [3.05, 3.63) is 22.2 Å². The van der Waals surface area contributed by atoms with Crippen LogP contribution in [0.25, 0.3) is 0 Å². The number of halogens is 1. The maximum Gasteiger partial charge on any atom is 0.308 e. The number of aliphatic carboxylic acids is 1. The summed E-state index contributed by atoms with van der Waals surface area (Å²) < 4.78 is 11.2. The van der Waals surface area contributed by atoms with Crippen molar-refractivity contribution in [3.63, 3.8) is 0 Å². The molecular weight excluding hydrogens is 342 g/mol. The van der Waals surface area contributed by atoms with Crippen LogP contribution in [0.4, 0.5) is 0 Å². The van der Waals surface area contributed by atoms with Gasteiger partial charge in [-0.05, 0) is 41.4 Å². The molecule has 1 amide bonds. The van der Waals surface area contributed by atoms with E-state index in [4.69, 9.17) is 14.6 Å². The summed E-state index contributed by atoms with van der Waals surface area (Å²) in [5.41, 5.74) is 0.462. The van der Waals surface area contributed by atoms with Crippen LogP contribution >= 0.6 is 15.9 Å². The quantitative estimate of drug-likeness (QED) is 0.879. The van der Waals surface area contributed by atoms with Crippen LogP contribution in [0.15, 0.2) is 16.6 Å². The van der Waals surface area contributed by atoms with Gasteiger partial charge in [0.25, 0.3) is 5.91 Å². The fraction of sp³-hybridized carbons (Fsp3) is 0.429. The van der Waals surface area contributed by atoms with Crippen molar-refractivity contribution in [2.45, 2.75) is 19.4 Å². The fourth-order valence-electron chi connectivity index (χ4n) is 2.81. The zero-order valence-corrected chi connectivity index (χ0v) is 12.9. The minimum absolute atomic E-state index is 0.132. The van der Waals surface area contributed by atoms with Gasteiger partial charge in [-0.2, -0.15) is 0 Å². The average molecular weight is 356 g/mol. The smallest absolute Gasteiger partial charge is 0.308 e. The number of likely N-dealkylation sites (tertiary alicyclic amines) is 1. The van der Waals surface area contributed by atoms with Crippen LogP contribution in [0.5, 0.6) is 11.5 Å². The molecule has 1 aromatic carbocycles. The Bertz CT molecular complexity index is 618. The van der Waals surface area contributed by atoms with Gasteiger partial charge in [-0.25, -0.2) is 0 Å². The van der Waals surface area contributed by atoms with Gasteiger partial charge in [0, 0.05) is 18.2 Å². The minimum Gasteiger partial charge on any atom is -0.481 e. The third kappa shape index (κ3) is 2.35. The maximum absolute atomic E-state index is 12.6. The molecule has 112 valence electrons. The van der Waals surface area contributed by atoms with Gasteiger partial charge in [-0.1, -0.05) is 0 Å². The molecule has 2 unspecified atom stereocenters. The van der Waals surface area contributed by atoms with Gasteiger partial charge in [0.15, 0.2) is 11.5 Å². The van der Waals surface area contributed by atoms with E-state index < -0.39 is 11.9 Å². The lowest BCUT2D eigenvalue weighted by atomic mass is 10.0. The molecule has 3 rings (SSSR count). The number of carbonyl (C=O) groups is 2. The number of hydrogen-bond donors (Lipinski definition) is 1. The molecule has 2 aliphatic heterocycles. The average Bonchev–Trinajstić information content (AvgIpc) is 3.04. The monoisotopic (exact) mass is 355 g/mol. The first-order chi connectivity index (χ1) is 9.99. The summed E-state index contributed by atoms with van der Waals surface area (Å²) in [4.78, 5) is 25.3. The summed E-state index contributed by atoms with van der Waals surface area (Å²) in [6.07, 6.45) is 0.480. The van der Waals surface area contributed by atoms with E-state index in [1.807, 2.05) is 0 Å². The Hall–Kier alpha value is -1.76. The number of carboxylic acid groups (broad SMARTS) is 1. The van der Waals surface area contributed by atoms with Crippen molar-refractivity contribution in [2.24, 2.45) is 5.92 Å². The molecule has 2 heterocycles. The second kappa shape index (κ2) is 5.22. The summed E-state index contributed by atoms with van der Waals surface area (Å²) in [6.45, 7) is 2.35. The van der Waals surface area contributed by atoms with Gasteiger partial charge < -0.3 is 19.5 Å². The van der Waals surface area contributed by atoms with Gasteiger partial charge in [0.05, 0.1) is 10.4 Å². The van der Waals surface area contributed by atoms with Gasteiger partial charge in [0.1, 0.15) is 0 Å². The summed E-state index contributed by atoms with van der Waals surface area (Å²) in [5, 5.41) is 9.14. The number of carbonyl (C=O) groups excluding carboxylic acids is 1. The Kier molecular flexibility index (Phi) is 3.52. The molecule has 1 fully saturated rings. The Morgan fingerprint density at radius 1 is 1.38 bits per heavy atom. The highest BCUT2D eigenvalue weighted by Gasteiger charge is 2.38. The number of nitrogens with zero attached hydrogens (tertiary/aromatic N) is 1. The van der Waals surface area contributed by atoms with Gasteiger partial charge >= 0.3 is 5.97 Å². The van der Waals surface area contributed by atoms with Crippen LogP contribution in [0.3, 0.4) is 0 Å². The van der Waals surface area contributed by atoms with Crippen molar-refractivity contribution in [1.82, 2.24) is 4.90 Å². The highest BCUT2D eigenvalue weighted by atomic mass is 79.9. The SMILES string of the molecule is CC1C(C(=O)O)CCN1C(=O)c1cc(Br)c2c(c1)OCO2. The predicted octanol–water partition coefficient (Wildman–Crippen LogP) is 2.11. The number of rotatable bonds is 2. The first-order valence-electron chi connectivity index (χ1n) is 6.62. The second-order valence-corrected chi connectivity index (χ2v) is 6.02. The molecule has 21 heavy (non-hydrogen) atoms. The third-order valence-corrected chi connectivity index (χ3v) is 4.60. The molecule has 0 bridgehead atoms.